The molecule has 0 aliphatic heterocycles. The standard InChI is InChI=1S/C17H13ClN4O3/c18-16-4-2-1-3-12(16)10-20-11-13(9-19)17(23)21-14-5-7-15(8-6-14)22(24)25/h1-8,11,20H,10H2,(H,21,23)/b13-11-. The molecular weight excluding hydrogens is 344 g/mol. The lowest BCUT2D eigenvalue weighted by Crippen LogP contribution is -2.16. The average molecular weight is 357 g/mol. The third-order valence-electron chi connectivity index (χ3n) is 3.20. The van der Waals surface area contributed by atoms with Gasteiger partial charge in [0, 0.05) is 35.6 Å². The Bertz CT molecular complexity index is 857. The van der Waals surface area contributed by atoms with E-state index in [1.807, 2.05) is 12.1 Å². The van der Waals surface area contributed by atoms with Crippen molar-refractivity contribution in [3.05, 3.63) is 81.0 Å². The molecule has 2 aromatic carbocycles. The molecule has 1 amide bonds. The fourth-order valence-corrected chi connectivity index (χ4v) is 2.12. The van der Waals surface area contributed by atoms with Crippen molar-refractivity contribution in [2.24, 2.45) is 0 Å². The van der Waals surface area contributed by atoms with Gasteiger partial charge in [0.1, 0.15) is 11.6 Å². The molecule has 0 radical (unpaired) electrons. The zero-order valence-corrected chi connectivity index (χ0v) is 13.7. The second kappa shape index (κ2) is 8.47. The summed E-state index contributed by atoms with van der Waals surface area (Å²) in [7, 11) is 0. The van der Waals surface area contributed by atoms with Gasteiger partial charge in [0.2, 0.25) is 0 Å². The van der Waals surface area contributed by atoms with Crippen molar-refractivity contribution in [1.29, 1.82) is 5.26 Å². The molecular formula is C17H13ClN4O3. The van der Waals surface area contributed by atoms with E-state index < -0.39 is 10.8 Å². The molecule has 0 unspecified atom stereocenters. The molecule has 126 valence electrons. The van der Waals surface area contributed by atoms with Gasteiger partial charge in [-0.1, -0.05) is 29.8 Å². The number of amides is 1. The average Bonchev–Trinajstić information content (AvgIpc) is 2.60. The number of hydrogen-bond donors (Lipinski definition) is 2. The summed E-state index contributed by atoms with van der Waals surface area (Å²) in [5.41, 5.74) is 0.956. The van der Waals surface area contributed by atoms with E-state index in [1.165, 1.54) is 30.5 Å². The number of nitrogens with one attached hydrogen (secondary N) is 2. The topological polar surface area (TPSA) is 108 Å². The number of rotatable bonds is 6. The van der Waals surface area contributed by atoms with Crippen LogP contribution in [0.2, 0.25) is 5.02 Å². The molecule has 0 bridgehead atoms. The Kier molecular flexibility index (Phi) is 6.09. The summed E-state index contributed by atoms with van der Waals surface area (Å²) in [6.07, 6.45) is 1.30. The molecule has 2 rings (SSSR count). The van der Waals surface area contributed by atoms with Gasteiger partial charge < -0.3 is 10.6 Å². The molecule has 8 heteroatoms. The molecule has 0 heterocycles. The summed E-state index contributed by atoms with van der Waals surface area (Å²) in [4.78, 5) is 22.1. The lowest BCUT2D eigenvalue weighted by atomic mass is 10.2. The number of anilines is 1. The Labute approximate surface area is 148 Å². The summed E-state index contributed by atoms with van der Waals surface area (Å²) in [6, 6.07) is 14.3. The first-order chi connectivity index (χ1) is 12.0. The minimum Gasteiger partial charge on any atom is -0.386 e. The highest BCUT2D eigenvalue weighted by atomic mass is 35.5. The third kappa shape index (κ3) is 5.06. The van der Waals surface area contributed by atoms with Gasteiger partial charge in [0.15, 0.2) is 0 Å². The van der Waals surface area contributed by atoms with Gasteiger partial charge >= 0.3 is 0 Å². The van der Waals surface area contributed by atoms with E-state index in [4.69, 9.17) is 16.9 Å². The van der Waals surface area contributed by atoms with Crippen LogP contribution in [-0.4, -0.2) is 10.8 Å². The van der Waals surface area contributed by atoms with Crippen LogP contribution in [0.15, 0.2) is 60.3 Å². The second-order valence-electron chi connectivity index (χ2n) is 4.90. The van der Waals surface area contributed by atoms with Crippen molar-refractivity contribution in [1.82, 2.24) is 5.32 Å². The van der Waals surface area contributed by atoms with Crippen LogP contribution in [0, 0.1) is 21.4 Å². The number of nitriles is 1. The Hall–Kier alpha value is -3.37. The molecule has 7 nitrogen and oxygen atoms in total. The highest BCUT2D eigenvalue weighted by molar-refractivity contribution is 6.31. The van der Waals surface area contributed by atoms with Crippen LogP contribution in [0.4, 0.5) is 11.4 Å². The molecule has 0 aliphatic carbocycles. The van der Waals surface area contributed by atoms with Crippen LogP contribution >= 0.6 is 11.6 Å². The van der Waals surface area contributed by atoms with E-state index in [-0.39, 0.29) is 11.3 Å². The van der Waals surface area contributed by atoms with E-state index >= 15 is 0 Å². The Morgan fingerprint density at radius 2 is 1.92 bits per heavy atom. The summed E-state index contributed by atoms with van der Waals surface area (Å²) < 4.78 is 0. The van der Waals surface area contributed by atoms with Crippen molar-refractivity contribution in [3.63, 3.8) is 0 Å². The van der Waals surface area contributed by atoms with Crippen LogP contribution in [-0.2, 0) is 11.3 Å². The van der Waals surface area contributed by atoms with Crippen LogP contribution in [0.1, 0.15) is 5.56 Å². The van der Waals surface area contributed by atoms with E-state index in [0.717, 1.165) is 5.56 Å². The van der Waals surface area contributed by atoms with Crippen LogP contribution in [0.3, 0.4) is 0 Å². The van der Waals surface area contributed by atoms with Crippen LogP contribution < -0.4 is 10.6 Å². The molecule has 2 aromatic rings. The van der Waals surface area contributed by atoms with E-state index in [2.05, 4.69) is 10.6 Å². The number of nitrogens with zero attached hydrogens (tertiary/aromatic N) is 2. The molecule has 25 heavy (non-hydrogen) atoms. The number of benzene rings is 2. The predicted octanol–water partition coefficient (Wildman–Crippen LogP) is 3.38. The monoisotopic (exact) mass is 356 g/mol. The Morgan fingerprint density at radius 3 is 2.52 bits per heavy atom. The van der Waals surface area contributed by atoms with Crippen molar-refractivity contribution in [2.45, 2.75) is 6.54 Å². The lowest BCUT2D eigenvalue weighted by Gasteiger charge is -2.06. The minimum absolute atomic E-state index is 0.0875. The first kappa shape index (κ1) is 18.0. The minimum atomic E-state index is -0.622. The first-order valence-corrected chi connectivity index (χ1v) is 7.52. The highest BCUT2D eigenvalue weighted by Gasteiger charge is 2.10. The summed E-state index contributed by atoms with van der Waals surface area (Å²) in [5.74, 6) is -0.622. The maximum absolute atomic E-state index is 12.1. The number of non-ortho nitro benzene ring substituents is 1. The Balaban J connectivity index is 1.99. The Morgan fingerprint density at radius 1 is 1.24 bits per heavy atom. The number of nitro groups is 1. The smallest absolute Gasteiger partial charge is 0.269 e. The van der Waals surface area contributed by atoms with Crippen LogP contribution in [0.5, 0.6) is 0 Å². The lowest BCUT2D eigenvalue weighted by molar-refractivity contribution is -0.384. The van der Waals surface area contributed by atoms with Gasteiger partial charge in [0.05, 0.1) is 4.92 Å². The second-order valence-corrected chi connectivity index (χ2v) is 5.31. The molecule has 0 saturated carbocycles. The van der Waals surface area contributed by atoms with E-state index in [9.17, 15) is 14.9 Å². The highest BCUT2D eigenvalue weighted by Crippen LogP contribution is 2.16. The normalized spacial score (nSPS) is 10.6. The predicted molar refractivity (Wildman–Crippen MR) is 93.7 cm³/mol. The quantitative estimate of drug-likeness (QED) is 0.357. The largest absolute Gasteiger partial charge is 0.386 e. The number of carbonyl (C=O) groups excluding carboxylic acids is 1. The molecule has 0 spiro atoms. The molecule has 0 atom stereocenters. The molecule has 2 N–H and O–H groups in total. The third-order valence-corrected chi connectivity index (χ3v) is 3.57. The number of halogens is 1. The summed E-state index contributed by atoms with van der Waals surface area (Å²) in [5, 5.41) is 25.7. The number of hydrogen-bond acceptors (Lipinski definition) is 5. The maximum atomic E-state index is 12.1. The van der Waals surface area contributed by atoms with E-state index in [0.29, 0.717) is 17.3 Å². The molecule has 0 fully saturated rings. The fraction of sp³-hybridized carbons (Fsp3) is 0.0588. The molecule has 0 saturated heterocycles. The van der Waals surface area contributed by atoms with Gasteiger partial charge in [0.25, 0.3) is 11.6 Å². The number of carbonyl (C=O) groups is 1. The number of nitro benzene ring substituents is 1. The van der Waals surface area contributed by atoms with Crippen LogP contribution in [0.25, 0.3) is 0 Å². The zero-order valence-electron chi connectivity index (χ0n) is 12.9. The van der Waals surface area contributed by atoms with Gasteiger partial charge in [-0.2, -0.15) is 5.26 Å². The van der Waals surface area contributed by atoms with Crippen molar-refractivity contribution in [2.75, 3.05) is 5.32 Å². The SMILES string of the molecule is N#C/C(=C/NCc1ccccc1Cl)C(=O)Nc1ccc([N+](=O)[O-])cc1. The maximum Gasteiger partial charge on any atom is 0.269 e. The first-order valence-electron chi connectivity index (χ1n) is 7.14. The molecule has 0 aromatic heterocycles. The van der Waals surface area contributed by atoms with Crippen molar-refractivity contribution < 1.29 is 9.72 Å². The molecule has 0 aliphatic rings. The van der Waals surface area contributed by atoms with Gasteiger partial charge in [-0.15, -0.1) is 0 Å². The van der Waals surface area contributed by atoms with Gasteiger partial charge in [-0.25, -0.2) is 0 Å². The van der Waals surface area contributed by atoms with E-state index in [1.54, 1.807) is 18.2 Å². The summed E-state index contributed by atoms with van der Waals surface area (Å²) in [6.45, 7) is 0.357. The van der Waals surface area contributed by atoms with Gasteiger partial charge in [-0.3, -0.25) is 14.9 Å². The van der Waals surface area contributed by atoms with Crippen molar-refractivity contribution in [3.8, 4) is 6.07 Å². The summed E-state index contributed by atoms with van der Waals surface area (Å²) >= 11 is 6.03. The van der Waals surface area contributed by atoms with Crippen molar-refractivity contribution >= 4 is 28.9 Å². The zero-order chi connectivity index (χ0) is 18.2. The fourth-order valence-electron chi connectivity index (χ4n) is 1.92. The van der Waals surface area contributed by atoms with Gasteiger partial charge in [-0.05, 0) is 23.8 Å².